The molecule has 96 valence electrons. The number of nitrogens with one attached hydrogen (secondary N) is 2. The lowest BCUT2D eigenvalue weighted by Gasteiger charge is -2.17. The Bertz CT molecular complexity index is 195. The van der Waals surface area contributed by atoms with Gasteiger partial charge in [-0.1, -0.05) is 13.8 Å². The first kappa shape index (κ1) is 15.4. The monoisotopic (exact) mass is 229 g/mol. The van der Waals surface area contributed by atoms with Crippen molar-refractivity contribution >= 4 is 5.91 Å². The minimum absolute atomic E-state index is 0.0480. The SMILES string of the molecule is CC.CNCCC1CCC(C(=O)N(C)C)N1. The van der Waals surface area contributed by atoms with Crippen molar-refractivity contribution in [2.75, 3.05) is 27.7 Å². The molecule has 4 nitrogen and oxygen atoms in total. The second-order valence-corrected chi connectivity index (χ2v) is 4.12. The minimum atomic E-state index is 0.0480. The van der Waals surface area contributed by atoms with E-state index >= 15 is 0 Å². The van der Waals surface area contributed by atoms with E-state index in [1.807, 2.05) is 35.0 Å². The molecule has 4 heteroatoms. The maximum Gasteiger partial charge on any atom is 0.239 e. The summed E-state index contributed by atoms with van der Waals surface area (Å²) in [6, 6.07) is 0.559. The molecule has 0 radical (unpaired) electrons. The van der Waals surface area contributed by atoms with E-state index in [0.717, 1.165) is 25.8 Å². The molecule has 1 heterocycles. The molecular formula is C12H27N3O. The van der Waals surface area contributed by atoms with E-state index in [-0.39, 0.29) is 11.9 Å². The smallest absolute Gasteiger partial charge is 0.239 e. The van der Waals surface area contributed by atoms with Crippen molar-refractivity contribution in [2.24, 2.45) is 0 Å². The average Bonchev–Trinajstić information content (AvgIpc) is 2.76. The fourth-order valence-corrected chi connectivity index (χ4v) is 1.87. The molecule has 2 N–H and O–H groups in total. The number of likely N-dealkylation sites (N-methyl/N-ethyl adjacent to an activating group) is 1. The zero-order valence-electron chi connectivity index (χ0n) is 11.3. The number of amides is 1. The first-order valence-corrected chi connectivity index (χ1v) is 6.27. The Morgan fingerprint density at radius 1 is 1.38 bits per heavy atom. The summed E-state index contributed by atoms with van der Waals surface area (Å²) in [5.74, 6) is 0.206. The van der Waals surface area contributed by atoms with Gasteiger partial charge in [0.15, 0.2) is 0 Å². The number of rotatable bonds is 4. The van der Waals surface area contributed by atoms with Crippen LogP contribution in [-0.2, 0) is 4.79 Å². The van der Waals surface area contributed by atoms with Gasteiger partial charge in [-0.25, -0.2) is 0 Å². The molecular weight excluding hydrogens is 202 g/mol. The van der Waals surface area contributed by atoms with Crippen LogP contribution in [0.5, 0.6) is 0 Å². The van der Waals surface area contributed by atoms with Crippen LogP contribution in [0, 0.1) is 0 Å². The summed E-state index contributed by atoms with van der Waals surface area (Å²) in [6.45, 7) is 5.01. The number of nitrogens with zero attached hydrogens (tertiary/aromatic N) is 1. The molecule has 1 aliphatic rings. The highest BCUT2D eigenvalue weighted by Crippen LogP contribution is 2.15. The zero-order valence-corrected chi connectivity index (χ0v) is 11.3. The Kier molecular flexibility index (Phi) is 8.21. The van der Waals surface area contributed by atoms with Crippen molar-refractivity contribution in [3.63, 3.8) is 0 Å². The predicted molar refractivity (Wildman–Crippen MR) is 68.5 cm³/mol. The standard InChI is InChI=1S/C10H21N3O.C2H6/c1-11-7-6-8-4-5-9(12-8)10(14)13(2)3;1-2/h8-9,11-12H,4-7H2,1-3H3;1-2H3. The summed E-state index contributed by atoms with van der Waals surface area (Å²) < 4.78 is 0. The third-order valence-electron chi connectivity index (χ3n) is 2.72. The second-order valence-electron chi connectivity index (χ2n) is 4.12. The van der Waals surface area contributed by atoms with Gasteiger partial charge < -0.3 is 15.5 Å². The Balaban J connectivity index is 0.00000106. The van der Waals surface area contributed by atoms with E-state index < -0.39 is 0 Å². The van der Waals surface area contributed by atoms with Gasteiger partial charge in [-0.2, -0.15) is 0 Å². The van der Waals surface area contributed by atoms with Crippen LogP contribution < -0.4 is 10.6 Å². The second kappa shape index (κ2) is 8.53. The number of hydrogen-bond donors (Lipinski definition) is 2. The number of carbonyl (C=O) groups excluding carboxylic acids is 1. The van der Waals surface area contributed by atoms with Crippen LogP contribution in [0.15, 0.2) is 0 Å². The van der Waals surface area contributed by atoms with E-state index in [2.05, 4.69) is 10.6 Å². The molecule has 1 amide bonds. The molecule has 1 rings (SSSR count). The van der Waals surface area contributed by atoms with Gasteiger partial charge in [-0.15, -0.1) is 0 Å². The molecule has 2 atom stereocenters. The maximum atomic E-state index is 11.6. The van der Waals surface area contributed by atoms with Gasteiger partial charge in [0.1, 0.15) is 0 Å². The summed E-state index contributed by atoms with van der Waals surface area (Å²) >= 11 is 0. The largest absolute Gasteiger partial charge is 0.347 e. The van der Waals surface area contributed by atoms with Gasteiger partial charge in [-0.05, 0) is 32.9 Å². The Hall–Kier alpha value is -0.610. The fraction of sp³-hybridized carbons (Fsp3) is 0.917. The van der Waals surface area contributed by atoms with E-state index in [0.29, 0.717) is 6.04 Å². The van der Waals surface area contributed by atoms with Crippen molar-refractivity contribution in [2.45, 2.75) is 45.2 Å². The molecule has 0 spiro atoms. The average molecular weight is 229 g/mol. The normalized spacial score (nSPS) is 23.6. The first-order chi connectivity index (χ1) is 7.65. The number of hydrogen-bond acceptors (Lipinski definition) is 3. The Morgan fingerprint density at radius 3 is 2.50 bits per heavy atom. The molecule has 0 aromatic carbocycles. The van der Waals surface area contributed by atoms with Crippen LogP contribution in [0.25, 0.3) is 0 Å². The summed E-state index contributed by atoms with van der Waals surface area (Å²) in [6.07, 6.45) is 3.20. The molecule has 0 aliphatic carbocycles. The van der Waals surface area contributed by atoms with Crippen LogP contribution in [0.2, 0.25) is 0 Å². The lowest BCUT2D eigenvalue weighted by Crippen LogP contribution is -2.42. The van der Waals surface area contributed by atoms with Crippen LogP contribution in [-0.4, -0.2) is 50.6 Å². The minimum Gasteiger partial charge on any atom is -0.347 e. The van der Waals surface area contributed by atoms with Gasteiger partial charge in [-0.3, -0.25) is 4.79 Å². The summed E-state index contributed by atoms with van der Waals surface area (Å²) in [7, 11) is 5.58. The highest BCUT2D eigenvalue weighted by molar-refractivity contribution is 5.81. The Morgan fingerprint density at radius 2 is 2.00 bits per heavy atom. The zero-order chi connectivity index (χ0) is 12.6. The molecule has 0 aromatic rings. The lowest BCUT2D eigenvalue weighted by atomic mass is 10.1. The summed E-state index contributed by atoms with van der Waals surface area (Å²) in [5, 5.41) is 6.50. The molecule has 1 aliphatic heterocycles. The van der Waals surface area contributed by atoms with Crippen molar-refractivity contribution in [1.82, 2.24) is 15.5 Å². The van der Waals surface area contributed by atoms with Crippen molar-refractivity contribution in [3.05, 3.63) is 0 Å². The molecule has 1 saturated heterocycles. The van der Waals surface area contributed by atoms with Crippen LogP contribution >= 0.6 is 0 Å². The topological polar surface area (TPSA) is 44.4 Å². The van der Waals surface area contributed by atoms with E-state index in [4.69, 9.17) is 0 Å². The van der Waals surface area contributed by atoms with Crippen LogP contribution in [0.4, 0.5) is 0 Å². The Labute approximate surface area is 99.8 Å². The first-order valence-electron chi connectivity index (χ1n) is 6.27. The molecule has 0 aromatic heterocycles. The van der Waals surface area contributed by atoms with Gasteiger partial charge in [0, 0.05) is 20.1 Å². The molecule has 2 unspecified atom stereocenters. The van der Waals surface area contributed by atoms with Gasteiger partial charge in [0.05, 0.1) is 6.04 Å². The van der Waals surface area contributed by atoms with E-state index in [1.165, 1.54) is 0 Å². The van der Waals surface area contributed by atoms with Gasteiger partial charge >= 0.3 is 0 Å². The molecule has 16 heavy (non-hydrogen) atoms. The summed E-state index contributed by atoms with van der Waals surface area (Å²) in [5.41, 5.74) is 0. The lowest BCUT2D eigenvalue weighted by molar-refractivity contribution is -0.130. The molecule has 0 bridgehead atoms. The third kappa shape index (κ3) is 4.94. The van der Waals surface area contributed by atoms with Crippen LogP contribution in [0.3, 0.4) is 0 Å². The van der Waals surface area contributed by atoms with E-state index in [1.54, 1.807) is 4.90 Å². The van der Waals surface area contributed by atoms with Crippen molar-refractivity contribution in [3.8, 4) is 0 Å². The number of carbonyl (C=O) groups is 1. The molecule has 1 fully saturated rings. The maximum absolute atomic E-state index is 11.6. The van der Waals surface area contributed by atoms with Gasteiger partial charge in [0.25, 0.3) is 0 Å². The van der Waals surface area contributed by atoms with E-state index in [9.17, 15) is 4.79 Å². The van der Waals surface area contributed by atoms with Gasteiger partial charge in [0.2, 0.25) is 5.91 Å². The highest BCUT2D eigenvalue weighted by atomic mass is 16.2. The predicted octanol–water partition coefficient (Wildman–Crippen LogP) is 0.831. The van der Waals surface area contributed by atoms with Crippen molar-refractivity contribution < 1.29 is 4.79 Å². The fourth-order valence-electron chi connectivity index (χ4n) is 1.87. The highest BCUT2D eigenvalue weighted by Gasteiger charge is 2.29. The third-order valence-corrected chi connectivity index (χ3v) is 2.72. The van der Waals surface area contributed by atoms with Crippen molar-refractivity contribution in [1.29, 1.82) is 0 Å². The van der Waals surface area contributed by atoms with Crippen LogP contribution in [0.1, 0.15) is 33.1 Å². The molecule has 0 saturated carbocycles. The quantitative estimate of drug-likeness (QED) is 0.750. The summed E-state index contributed by atoms with van der Waals surface area (Å²) in [4.78, 5) is 13.3.